The van der Waals surface area contributed by atoms with E-state index in [-0.39, 0.29) is 0 Å². The zero-order valence-corrected chi connectivity index (χ0v) is 9.34. The molecule has 0 heterocycles. The topological polar surface area (TPSA) is 97.7 Å². The van der Waals surface area contributed by atoms with Crippen molar-refractivity contribution in [3.63, 3.8) is 0 Å². The van der Waals surface area contributed by atoms with Crippen molar-refractivity contribution in [2.45, 2.75) is 6.18 Å². The van der Waals surface area contributed by atoms with Crippen LogP contribution in [0.3, 0.4) is 0 Å². The molecule has 6 nitrogen and oxygen atoms in total. The molecule has 0 aromatic carbocycles. The fourth-order valence-electron chi connectivity index (χ4n) is 0.857. The van der Waals surface area contributed by atoms with E-state index in [0.29, 0.717) is 0 Å². The van der Waals surface area contributed by atoms with Gasteiger partial charge in [-0.2, -0.15) is 13.2 Å². The Morgan fingerprint density at radius 3 is 2.12 bits per heavy atom. The highest BCUT2D eigenvalue weighted by molar-refractivity contribution is 7.92. The van der Waals surface area contributed by atoms with E-state index in [9.17, 15) is 31.2 Å². The summed E-state index contributed by atoms with van der Waals surface area (Å²) in [5.41, 5.74) is 0. The van der Waals surface area contributed by atoms with Gasteiger partial charge >= 0.3 is 18.1 Å². The highest BCUT2D eigenvalue weighted by atomic mass is 32.2. The first-order valence-electron chi connectivity index (χ1n) is 4.06. The molecular formula is C7H9F3O6S. The first-order chi connectivity index (χ1) is 7.49. The molecule has 0 aromatic heterocycles. The van der Waals surface area contributed by atoms with E-state index in [4.69, 9.17) is 5.11 Å². The maximum Gasteiger partial charge on any atom is 0.403 e. The van der Waals surface area contributed by atoms with Gasteiger partial charge in [0.1, 0.15) is 5.75 Å². The van der Waals surface area contributed by atoms with Crippen molar-refractivity contribution >= 4 is 21.8 Å². The lowest BCUT2D eigenvalue weighted by molar-refractivity contribution is -0.189. The molecule has 0 aliphatic carbocycles. The standard InChI is InChI=1S/C7H9F3O6S/c1-16-5(11)3-17(14,15)2-4(6(12)13)7(8,9)10/h4H,2-3H2,1H3,(H,12,13). The molecule has 1 N–H and O–H groups in total. The number of carbonyl (C=O) groups is 2. The van der Waals surface area contributed by atoms with Crippen LogP contribution in [0.1, 0.15) is 0 Å². The van der Waals surface area contributed by atoms with E-state index >= 15 is 0 Å². The van der Waals surface area contributed by atoms with Gasteiger partial charge in [-0.25, -0.2) is 8.42 Å². The first-order valence-corrected chi connectivity index (χ1v) is 5.88. The largest absolute Gasteiger partial charge is 0.481 e. The number of carboxylic acid groups (broad SMARTS) is 1. The van der Waals surface area contributed by atoms with Crippen LogP contribution >= 0.6 is 0 Å². The Kier molecular flexibility index (Phi) is 4.93. The van der Waals surface area contributed by atoms with E-state index in [1.54, 1.807) is 0 Å². The molecule has 0 aliphatic rings. The summed E-state index contributed by atoms with van der Waals surface area (Å²) in [5, 5.41) is 8.26. The van der Waals surface area contributed by atoms with Gasteiger partial charge in [0, 0.05) is 0 Å². The number of carbonyl (C=O) groups excluding carboxylic acids is 1. The first kappa shape index (κ1) is 15.7. The lowest BCUT2D eigenvalue weighted by Gasteiger charge is -2.15. The third-order valence-corrected chi connectivity index (χ3v) is 3.20. The Labute approximate surface area is 94.3 Å². The smallest absolute Gasteiger partial charge is 0.403 e. The number of ether oxygens (including phenoxy) is 1. The predicted octanol–water partition coefficient (Wildman–Crippen LogP) is -0.163. The summed E-state index contributed by atoms with van der Waals surface area (Å²) in [6.07, 6.45) is -5.20. The van der Waals surface area contributed by atoms with Gasteiger partial charge < -0.3 is 9.84 Å². The molecule has 0 spiro atoms. The Morgan fingerprint density at radius 1 is 1.35 bits per heavy atom. The molecule has 0 saturated heterocycles. The summed E-state index contributed by atoms with van der Waals surface area (Å²) in [6, 6.07) is 0. The molecular weight excluding hydrogens is 269 g/mol. The number of hydrogen-bond acceptors (Lipinski definition) is 5. The van der Waals surface area contributed by atoms with Crippen molar-refractivity contribution in [3.05, 3.63) is 0 Å². The highest BCUT2D eigenvalue weighted by Crippen LogP contribution is 2.27. The summed E-state index contributed by atoms with van der Waals surface area (Å²) in [5.74, 6) is -9.61. The van der Waals surface area contributed by atoms with Crippen LogP contribution in [-0.2, 0) is 24.2 Å². The highest BCUT2D eigenvalue weighted by Gasteiger charge is 2.47. The summed E-state index contributed by atoms with van der Waals surface area (Å²) in [4.78, 5) is 20.9. The van der Waals surface area contributed by atoms with E-state index in [1.165, 1.54) is 0 Å². The van der Waals surface area contributed by atoms with E-state index in [0.717, 1.165) is 7.11 Å². The molecule has 0 radical (unpaired) electrons. The van der Waals surface area contributed by atoms with Crippen LogP contribution in [0.2, 0.25) is 0 Å². The van der Waals surface area contributed by atoms with Crippen molar-refractivity contribution in [1.29, 1.82) is 0 Å². The molecule has 10 heteroatoms. The van der Waals surface area contributed by atoms with Gasteiger partial charge in [-0.05, 0) is 0 Å². The minimum absolute atomic E-state index is 0.857. The number of carboxylic acids is 1. The van der Waals surface area contributed by atoms with Gasteiger partial charge in [0.15, 0.2) is 15.8 Å². The van der Waals surface area contributed by atoms with Gasteiger partial charge in [-0.3, -0.25) is 9.59 Å². The van der Waals surface area contributed by atoms with Crippen molar-refractivity contribution in [1.82, 2.24) is 0 Å². The maximum absolute atomic E-state index is 12.2. The van der Waals surface area contributed by atoms with Crippen LogP contribution in [0, 0.1) is 5.92 Å². The SMILES string of the molecule is COC(=O)CS(=O)(=O)CC(C(=O)O)C(F)(F)F. The number of hydrogen-bond donors (Lipinski definition) is 1. The average Bonchev–Trinajstić information content (AvgIpc) is 2.11. The number of aliphatic carboxylic acids is 1. The lowest BCUT2D eigenvalue weighted by atomic mass is 10.2. The molecule has 0 amide bonds. The molecule has 1 atom stereocenters. The number of sulfone groups is 1. The zero-order chi connectivity index (χ0) is 13.9. The van der Waals surface area contributed by atoms with Crippen molar-refractivity contribution in [2.24, 2.45) is 5.92 Å². The summed E-state index contributed by atoms with van der Waals surface area (Å²) in [7, 11) is -3.64. The lowest BCUT2D eigenvalue weighted by Crippen LogP contribution is -2.38. The normalized spacial score (nSPS) is 14.1. The molecule has 1 unspecified atom stereocenters. The van der Waals surface area contributed by atoms with Crippen LogP contribution < -0.4 is 0 Å². The second-order valence-electron chi connectivity index (χ2n) is 3.06. The average molecular weight is 278 g/mol. The minimum Gasteiger partial charge on any atom is -0.481 e. The number of alkyl halides is 3. The van der Waals surface area contributed by atoms with E-state index in [2.05, 4.69) is 4.74 Å². The number of esters is 1. The van der Waals surface area contributed by atoms with Gasteiger partial charge in [-0.1, -0.05) is 0 Å². The zero-order valence-electron chi connectivity index (χ0n) is 8.52. The molecule has 0 fully saturated rings. The third kappa shape index (κ3) is 5.52. The Morgan fingerprint density at radius 2 is 1.82 bits per heavy atom. The summed E-state index contributed by atoms with van der Waals surface area (Å²) < 4.78 is 62.6. The fourth-order valence-corrected chi connectivity index (χ4v) is 2.29. The van der Waals surface area contributed by atoms with Crippen molar-refractivity contribution in [2.75, 3.05) is 18.6 Å². The fraction of sp³-hybridized carbons (Fsp3) is 0.714. The van der Waals surface area contributed by atoms with Crippen LogP contribution in [0.4, 0.5) is 13.2 Å². The minimum atomic E-state index is -5.20. The van der Waals surface area contributed by atoms with Crippen LogP contribution in [-0.4, -0.2) is 50.3 Å². The number of rotatable bonds is 5. The molecule has 0 saturated carbocycles. The van der Waals surface area contributed by atoms with Crippen LogP contribution in [0.5, 0.6) is 0 Å². The second kappa shape index (κ2) is 5.34. The van der Waals surface area contributed by atoms with E-state index < -0.39 is 45.4 Å². The maximum atomic E-state index is 12.2. The Bertz CT molecular complexity index is 398. The molecule has 0 aromatic rings. The quantitative estimate of drug-likeness (QED) is 0.701. The van der Waals surface area contributed by atoms with Crippen molar-refractivity contribution < 1.29 is 41.0 Å². The molecule has 0 aliphatic heterocycles. The van der Waals surface area contributed by atoms with Gasteiger partial charge in [0.25, 0.3) is 0 Å². The Hall–Kier alpha value is -1.32. The molecule has 0 rings (SSSR count). The second-order valence-corrected chi connectivity index (χ2v) is 5.17. The molecule has 17 heavy (non-hydrogen) atoms. The summed E-state index contributed by atoms with van der Waals surface area (Å²) >= 11 is 0. The van der Waals surface area contributed by atoms with Gasteiger partial charge in [0.05, 0.1) is 12.9 Å². The monoisotopic (exact) mass is 278 g/mol. The van der Waals surface area contributed by atoms with Crippen LogP contribution in [0.15, 0.2) is 0 Å². The van der Waals surface area contributed by atoms with Crippen molar-refractivity contribution in [3.8, 4) is 0 Å². The van der Waals surface area contributed by atoms with Gasteiger partial charge in [-0.15, -0.1) is 0 Å². The summed E-state index contributed by atoms with van der Waals surface area (Å²) in [6.45, 7) is 0. The number of halogens is 3. The van der Waals surface area contributed by atoms with Gasteiger partial charge in [0.2, 0.25) is 0 Å². The Balaban J connectivity index is 4.90. The van der Waals surface area contributed by atoms with E-state index in [1.807, 2.05) is 0 Å². The predicted molar refractivity (Wildman–Crippen MR) is 47.9 cm³/mol. The molecule has 100 valence electrons. The molecule has 0 bridgehead atoms. The van der Waals surface area contributed by atoms with Crippen LogP contribution in [0.25, 0.3) is 0 Å². The number of methoxy groups -OCH3 is 1. The third-order valence-electron chi connectivity index (χ3n) is 1.68.